The van der Waals surface area contributed by atoms with Crippen LogP contribution in [0.4, 0.5) is 0 Å². The molecule has 2 aromatic carbocycles. The zero-order chi connectivity index (χ0) is 13.7. The van der Waals surface area contributed by atoms with Crippen molar-refractivity contribution >= 4 is 5.78 Å². The van der Waals surface area contributed by atoms with E-state index >= 15 is 0 Å². The van der Waals surface area contributed by atoms with Crippen LogP contribution in [0.25, 0.3) is 0 Å². The molecule has 2 aliphatic rings. The minimum absolute atomic E-state index is 0.00357. The molecule has 0 aromatic heterocycles. The Morgan fingerprint density at radius 1 is 1.00 bits per heavy atom. The maximum atomic E-state index is 12.6. The predicted octanol–water partition coefficient (Wildman–Crippen LogP) is 2.75. The Hall–Kier alpha value is -2.29. The van der Waals surface area contributed by atoms with E-state index in [9.17, 15) is 9.90 Å². The van der Waals surface area contributed by atoms with Gasteiger partial charge in [-0.1, -0.05) is 30.3 Å². The van der Waals surface area contributed by atoms with Gasteiger partial charge in [-0.3, -0.25) is 4.79 Å². The van der Waals surface area contributed by atoms with Crippen LogP contribution in [0.5, 0.6) is 11.5 Å². The van der Waals surface area contributed by atoms with Crippen LogP contribution < -0.4 is 4.74 Å². The zero-order valence-corrected chi connectivity index (χ0v) is 10.9. The van der Waals surface area contributed by atoms with Crippen LogP contribution in [0.3, 0.4) is 0 Å². The number of ether oxygens (including phenoxy) is 1. The number of carbonyl (C=O) groups excluding carboxylic acids is 1. The highest BCUT2D eigenvalue weighted by Crippen LogP contribution is 2.40. The lowest BCUT2D eigenvalue weighted by Crippen LogP contribution is -2.43. The molecule has 0 spiro atoms. The minimum atomic E-state index is -0.189. The molecule has 3 nitrogen and oxygen atoms in total. The van der Waals surface area contributed by atoms with Crippen LogP contribution >= 0.6 is 0 Å². The summed E-state index contributed by atoms with van der Waals surface area (Å²) in [6, 6.07) is 13.2. The molecule has 100 valence electrons. The van der Waals surface area contributed by atoms with Crippen molar-refractivity contribution in [2.75, 3.05) is 0 Å². The molecule has 20 heavy (non-hydrogen) atoms. The van der Waals surface area contributed by atoms with Crippen LogP contribution in [0.15, 0.2) is 42.5 Å². The number of ketones is 1. The third-order valence-corrected chi connectivity index (χ3v) is 4.29. The number of Topliss-reactive ketones (excluding diaryl/α,β-unsaturated/α-hetero) is 1. The van der Waals surface area contributed by atoms with E-state index < -0.39 is 0 Å². The molecule has 3 heteroatoms. The summed E-state index contributed by atoms with van der Waals surface area (Å²) < 4.78 is 5.96. The largest absolute Gasteiger partial charge is 0.507 e. The predicted molar refractivity (Wildman–Crippen MR) is 74.2 cm³/mol. The second kappa shape index (κ2) is 4.10. The van der Waals surface area contributed by atoms with Crippen LogP contribution in [-0.2, 0) is 12.8 Å². The number of phenolic OH excluding ortho intramolecular Hbond substituents is 1. The lowest BCUT2D eigenvalue weighted by Gasteiger charge is -2.36. The Labute approximate surface area is 116 Å². The van der Waals surface area contributed by atoms with Crippen LogP contribution in [0.1, 0.15) is 21.5 Å². The summed E-state index contributed by atoms with van der Waals surface area (Å²) in [5.41, 5.74) is 2.81. The Morgan fingerprint density at radius 2 is 1.75 bits per heavy atom. The van der Waals surface area contributed by atoms with Gasteiger partial charge >= 0.3 is 0 Å². The topological polar surface area (TPSA) is 46.5 Å². The lowest BCUT2D eigenvalue weighted by molar-refractivity contribution is 0.0629. The number of rotatable bonds is 0. The molecule has 1 N–H and O–H groups in total. The van der Waals surface area contributed by atoms with E-state index in [0.717, 1.165) is 6.42 Å². The quantitative estimate of drug-likeness (QED) is 0.797. The van der Waals surface area contributed by atoms with E-state index in [2.05, 4.69) is 12.1 Å². The van der Waals surface area contributed by atoms with E-state index in [-0.39, 0.29) is 23.6 Å². The monoisotopic (exact) mass is 266 g/mol. The summed E-state index contributed by atoms with van der Waals surface area (Å²) in [7, 11) is 0. The standard InChI is InChI=1S/C17H14O3/c18-13-6-3-7-14-16(13)17(19)12-8-10-4-1-2-5-11(10)9-15(12)20-14/h1-7,12,15,18H,8-9H2/t12-,15-/m1/s1. The third-order valence-electron chi connectivity index (χ3n) is 4.29. The molecule has 4 rings (SSSR count). The third kappa shape index (κ3) is 1.56. The molecule has 1 aliphatic carbocycles. The molecule has 0 saturated carbocycles. The molecule has 0 bridgehead atoms. The van der Waals surface area contributed by atoms with Gasteiger partial charge in [-0.25, -0.2) is 0 Å². The van der Waals surface area contributed by atoms with Crippen LogP contribution in [0, 0.1) is 5.92 Å². The summed E-state index contributed by atoms with van der Waals surface area (Å²) in [6.07, 6.45) is 1.32. The number of phenols is 1. The number of carbonyl (C=O) groups is 1. The summed E-state index contributed by atoms with van der Waals surface area (Å²) >= 11 is 0. The summed E-state index contributed by atoms with van der Waals surface area (Å²) in [5, 5.41) is 9.91. The number of aromatic hydroxyl groups is 1. The highest BCUT2D eigenvalue weighted by Gasteiger charge is 2.41. The molecule has 0 amide bonds. The highest BCUT2D eigenvalue weighted by atomic mass is 16.5. The highest BCUT2D eigenvalue weighted by molar-refractivity contribution is 6.04. The first kappa shape index (κ1) is 11.5. The maximum Gasteiger partial charge on any atom is 0.177 e. The van der Waals surface area contributed by atoms with Crippen LogP contribution in [-0.4, -0.2) is 17.0 Å². The van der Waals surface area contributed by atoms with Crippen molar-refractivity contribution in [3.05, 3.63) is 59.2 Å². The number of hydrogen-bond acceptors (Lipinski definition) is 3. The first-order valence-corrected chi connectivity index (χ1v) is 6.83. The molecule has 0 unspecified atom stereocenters. The Bertz CT molecular complexity index is 705. The van der Waals surface area contributed by atoms with Gasteiger partial charge < -0.3 is 9.84 Å². The van der Waals surface area contributed by atoms with Gasteiger partial charge in [-0.15, -0.1) is 0 Å². The molecule has 0 radical (unpaired) electrons. The first-order chi connectivity index (χ1) is 9.74. The van der Waals surface area contributed by atoms with Gasteiger partial charge in [-0.2, -0.15) is 0 Å². The van der Waals surface area contributed by atoms with E-state index in [1.54, 1.807) is 12.1 Å². The van der Waals surface area contributed by atoms with Crippen molar-refractivity contribution in [1.29, 1.82) is 0 Å². The average Bonchev–Trinajstić information content (AvgIpc) is 2.46. The molecular formula is C17H14O3. The fourth-order valence-corrected chi connectivity index (χ4v) is 3.28. The van der Waals surface area contributed by atoms with E-state index in [1.807, 2.05) is 12.1 Å². The Balaban J connectivity index is 1.79. The second-order valence-corrected chi connectivity index (χ2v) is 5.45. The molecule has 2 aromatic rings. The molecular weight excluding hydrogens is 252 g/mol. The maximum absolute atomic E-state index is 12.6. The van der Waals surface area contributed by atoms with Crippen molar-refractivity contribution in [2.24, 2.45) is 5.92 Å². The van der Waals surface area contributed by atoms with E-state index in [1.165, 1.54) is 17.2 Å². The van der Waals surface area contributed by atoms with Gasteiger partial charge in [0.1, 0.15) is 23.2 Å². The van der Waals surface area contributed by atoms with Crippen molar-refractivity contribution in [1.82, 2.24) is 0 Å². The van der Waals surface area contributed by atoms with Gasteiger partial charge in [0.05, 0.1) is 5.92 Å². The van der Waals surface area contributed by atoms with Gasteiger partial charge in [0.2, 0.25) is 0 Å². The lowest BCUT2D eigenvalue weighted by atomic mass is 9.76. The number of fused-ring (bicyclic) bond motifs is 3. The normalized spacial score (nSPS) is 23.3. The Morgan fingerprint density at radius 3 is 2.55 bits per heavy atom. The van der Waals surface area contributed by atoms with Crippen molar-refractivity contribution in [3.63, 3.8) is 0 Å². The molecule has 0 fully saturated rings. The van der Waals surface area contributed by atoms with Crippen molar-refractivity contribution in [2.45, 2.75) is 18.9 Å². The average molecular weight is 266 g/mol. The fraction of sp³-hybridized carbons (Fsp3) is 0.235. The van der Waals surface area contributed by atoms with Crippen LogP contribution in [0.2, 0.25) is 0 Å². The molecule has 1 heterocycles. The molecule has 1 aliphatic heterocycles. The van der Waals surface area contributed by atoms with Crippen molar-refractivity contribution in [3.8, 4) is 11.5 Å². The van der Waals surface area contributed by atoms with Gasteiger partial charge in [0, 0.05) is 6.42 Å². The smallest absolute Gasteiger partial charge is 0.177 e. The first-order valence-electron chi connectivity index (χ1n) is 6.83. The van der Waals surface area contributed by atoms with E-state index in [4.69, 9.17) is 4.74 Å². The Kier molecular flexibility index (Phi) is 2.36. The zero-order valence-electron chi connectivity index (χ0n) is 10.9. The van der Waals surface area contributed by atoms with E-state index in [0.29, 0.717) is 17.7 Å². The van der Waals surface area contributed by atoms with Gasteiger partial charge in [0.15, 0.2) is 5.78 Å². The molecule has 0 saturated heterocycles. The minimum Gasteiger partial charge on any atom is -0.507 e. The summed E-state index contributed by atoms with van der Waals surface area (Å²) in [4.78, 5) is 12.6. The fourth-order valence-electron chi connectivity index (χ4n) is 3.28. The summed E-state index contributed by atoms with van der Waals surface area (Å²) in [6.45, 7) is 0. The SMILES string of the molecule is O=C1c2c(O)cccc2O[C@@H]2Cc3ccccc3C[C@@H]12. The van der Waals surface area contributed by atoms with Gasteiger partial charge in [-0.05, 0) is 29.7 Å². The van der Waals surface area contributed by atoms with Gasteiger partial charge in [0.25, 0.3) is 0 Å². The summed E-state index contributed by atoms with van der Waals surface area (Å²) in [5.74, 6) is 0.343. The molecule has 2 atom stereocenters. The number of benzene rings is 2. The van der Waals surface area contributed by atoms with Crippen molar-refractivity contribution < 1.29 is 14.6 Å². The number of hydrogen-bond donors (Lipinski definition) is 1. The second-order valence-electron chi connectivity index (χ2n) is 5.45.